The molecule has 0 saturated carbocycles. The Labute approximate surface area is 252 Å². The van der Waals surface area contributed by atoms with Crippen LogP contribution in [-0.4, -0.2) is 25.4 Å². The van der Waals surface area contributed by atoms with Crippen LogP contribution in [0.15, 0.2) is 97.1 Å². The quantitative estimate of drug-likeness (QED) is 0.0765. The van der Waals surface area contributed by atoms with Gasteiger partial charge < -0.3 is 19.6 Å². The third-order valence-corrected chi connectivity index (χ3v) is 9.26. The molecule has 4 rings (SSSR count). The molecule has 0 aromatic heterocycles. The van der Waals surface area contributed by atoms with E-state index in [1.54, 1.807) is 0 Å². The van der Waals surface area contributed by atoms with Gasteiger partial charge in [0.15, 0.2) is 5.78 Å². The molecule has 15 heteroatoms. The molecule has 0 fully saturated rings. The number of ketones is 1. The van der Waals surface area contributed by atoms with Crippen LogP contribution in [0.25, 0.3) is 0 Å². The Morgan fingerprint density at radius 3 is 1.18 bits per heavy atom. The first-order valence-corrected chi connectivity index (χ1v) is 16.1. The third-order valence-electron chi connectivity index (χ3n) is 7.28. The van der Waals surface area contributed by atoms with Crippen LogP contribution in [0.4, 0.5) is 26.3 Å². The second-order valence-corrected chi connectivity index (χ2v) is 13.6. The minimum atomic E-state index is -5.89. The zero-order valence-corrected chi connectivity index (χ0v) is 24.6. The number of hydrogen-bond acceptors (Lipinski definition) is 3. The largest absolute Gasteiger partial charge is 0.399 e. The Morgan fingerprint density at radius 2 is 0.844 bits per heavy atom. The molecule has 7 nitrogen and oxygen atoms in total. The first-order chi connectivity index (χ1) is 20.8. The summed E-state index contributed by atoms with van der Waals surface area (Å²) in [7, 11) is -11.8. The van der Waals surface area contributed by atoms with Crippen molar-refractivity contribution >= 4 is 21.0 Å². The number of Topliss-reactive ketones (excluding diaryl/α,β-unsaturated/α-hetero) is 1. The topological polar surface area (TPSA) is 132 Å². The lowest BCUT2D eigenvalue weighted by Gasteiger charge is -2.34. The molecule has 0 aliphatic heterocycles. The lowest BCUT2D eigenvalue weighted by Crippen LogP contribution is -2.41. The van der Waals surface area contributed by atoms with Gasteiger partial charge in [0, 0.05) is 16.7 Å². The fraction of sp³-hybridized carbons (Fsp3) is 0.167. The maximum Gasteiger partial charge on any atom is 0.399 e. The van der Waals surface area contributed by atoms with Gasteiger partial charge in [-0.1, -0.05) is 60.7 Å². The summed E-state index contributed by atoms with van der Waals surface area (Å²) in [5.74, 6) is -2.00. The second-order valence-electron chi connectivity index (χ2n) is 10.3. The van der Waals surface area contributed by atoms with Crippen LogP contribution in [0.3, 0.4) is 0 Å². The van der Waals surface area contributed by atoms with Crippen LogP contribution >= 0.6 is 15.2 Å². The SMILES string of the molecule is O=C(c1ccc(F)cc1)C(Cc1ccc(C(F)(F)P(=O)(O)O)cc1)(Cc1ccc(C(F)(F)P(=O)(O)O)cc1)c1ccc(F)cc1. The second kappa shape index (κ2) is 12.3. The highest BCUT2D eigenvalue weighted by atomic mass is 31.2. The van der Waals surface area contributed by atoms with Crippen molar-refractivity contribution in [3.05, 3.63) is 142 Å². The van der Waals surface area contributed by atoms with E-state index in [0.29, 0.717) is 0 Å². The van der Waals surface area contributed by atoms with E-state index in [0.717, 1.165) is 72.8 Å². The monoisotopic (exact) mass is 672 g/mol. The van der Waals surface area contributed by atoms with Gasteiger partial charge in [-0.05, 0) is 65.9 Å². The minimum absolute atomic E-state index is 0.0185. The van der Waals surface area contributed by atoms with Gasteiger partial charge in [0.1, 0.15) is 11.6 Å². The van der Waals surface area contributed by atoms with E-state index in [1.807, 2.05) is 0 Å². The molecule has 4 N–H and O–H groups in total. The van der Waals surface area contributed by atoms with Gasteiger partial charge >= 0.3 is 26.5 Å². The Balaban J connectivity index is 1.88. The normalized spacial score (nSPS) is 13.1. The predicted molar refractivity (Wildman–Crippen MR) is 151 cm³/mol. The van der Waals surface area contributed by atoms with Crippen molar-refractivity contribution in [2.75, 3.05) is 0 Å². The van der Waals surface area contributed by atoms with Crippen LogP contribution in [0, 0.1) is 11.6 Å². The highest BCUT2D eigenvalue weighted by Gasteiger charge is 2.51. The Bertz CT molecular complexity index is 1690. The Morgan fingerprint density at radius 1 is 0.533 bits per heavy atom. The van der Waals surface area contributed by atoms with Gasteiger partial charge in [-0.15, -0.1) is 0 Å². The molecule has 0 spiro atoms. The van der Waals surface area contributed by atoms with Gasteiger partial charge in [0.05, 0.1) is 5.41 Å². The molecule has 0 atom stereocenters. The fourth-order valence-corrected chi connectivity index (χ4v) is 5.86. The minimum Gasteiger partial charge on any atom is -0.320 e. The molecule has 0 saturated heterocycles. The Kier molecular flexibility index (Phi) is 9.39. The van der Waals surface area contributed by atoms with Crippen LogP contribution in [0.5, 0.6) is 0 Å². The lowest BCUT2D eigenvalue weighted by atomic mass is 9.67. The van der Waals surface area contributed by atoms with Gasteiger partial charge in [0.25, 0.3) is 0 Å². The van der Waals surface area contributed by atoms with Gasteiger partial charge in [0.2, 0.25) is 0 Å². The molecule has 0 aliphatic rings. The molecule has 238 valence electrons. The van der Waals surface area contributed by atoms with E-state index in [-0.39, 0.29) is 35.1 Å². The number of carbonyl (C=O) groups is 1. The molecule has 0 bridgehead atoms. The molecule has 4 aromatic carbocycles. The number of alkyl halides is 4. The van der Waals surface area contributed by atoms with Crippen molar-refractivity contribution in [1.82, 2.24) is 0 Å². The number of rotatable bonds is 11. The van der Waals surface area contributed by atoms with Crippen molar-refractivity contribution < 1.29 is 59.8 Å². The lowest BCUT2D eigenvalue weighted by molar-refractivity contribution is 0.0564. The zero-order valence-electron chi connectivity index (χ0n) is 22.8. The molecule has 0 radical (unpaired) electrons. The van der Waals surface area contributed by atoms with Gasteiger partial charge in [-0.3, -0.25) is 13.9 Å². The fourth-order valence-electron chi connectivity index (χ4n) is 4.88. The molecule has 0 heterocycles. The summed E-state index contributed by atoms with van der Waals surface area (Å²) in [6, 6.07) is 16.6. The number of halogens is 6. The summed E-state index contributed by atoms with van der Waals surface area (Å²) in [5.41, 5.74) is -12.2. The van der Waals surface area contributed by atoms with E-state index in [9.17, 15) is 40.3 Å². The van der Waals surface area contributed by atoms with E-state index < -0.39 is 60.5 Å². The maximum absolute atomic E-state index is 14.3. The van der Waals surface area contributed by atoms with Crippen molar-refractivity contribution in [1.29, 1.82) is 0 Å². The van der Waals surface area contributed by atoms with Gasteiger partial charge in [-0.25, -0.2) is 8.78 Å². The standard InChI is InChI=1S/C30H24F6O7P2/c31-25-13-5-21(6-14-25)27(37)28(22-11-15-26(32)16-12-22,17-19-1-7-23(8-2-19)29(33,34)44(38,39)40)18-20-3-9-24(10-4-20)30(35,36)45(41,42)43/h1-16H,17-18H2,(H2,38,39,40)(H2,41,42,43). The summed E-state index contributed by atoms with van der Waals surface area (Å²) in [5, 5.41) is 0. The number of benzene rings is 4. The summed E-state index contributed by atoms with van der Waals surface area (Å²) >= 11 is 0. The van der Waals surface area contributed by atoms with Gasteiger partial charge in [-0.2, -0.15) is 17.6 Å². The van der Waals surface area contributed by atoms with Crippen LogP contribution in [0.2, 0.25) is 0 Å². The average Bonchev–Trinajstić information content (AvgIpc) is 2.96. The predicted octanol–water partition coefficient (Wildman–Crippen LogP) is 7.02. The smallest absolute Gasteiger partial charge is 0.320 e. The maximum atomic E-state index is 14.3. The van der Waals surface area contributed by atoms with Crippen LogP contribution < -0.4 is 0 Å². The molecule has 0 aliphatic carbocycles. The highest BCUT2D eigenvalue weighted by molar-refractivity contribution is 7.52. The summed E-state index contributed by atoms with van der Waals surface area (Å²) in [4.78, 5) is 50.7. The summed E-state index contributed by atoms with van der Waals surface area (Å²) < 4.78 is 108. The van der Waals surface area contributed by atoms with Crippen molar-refractivity contribution in [2.24, 2.45) is 0 Å². The molecule has 0 amide bonds. The van der Waals surface area contributed by atoms with E-state index >= 15 is 0 Å². The molecule has 4 aromatic rings. The number of hydrogen-bond donors (Lipinski definition) is 4. The van der Waals surface area contributed by atoms with Crippen molar-refractivity contribution in [3.8, 4) is 0 Å². The number of carbonyl (C=O) groups excluding carboxylic acids is 1. The first-order valence-electron chi connectivity index (χ1n) is 12.9. The average molecular weight is 672 g/mol. The van der Waals surface area contributed by atoms with Crippen molar-refractivity contribution in [3.63, 3.8) is 0 Å². The van der Waals surface area contributed by atoms with E-state index in [4.69, 9.17) is 19.6 Å². The molecule has 45 heavy (non-hydrogen) atoms. The summed E-state index contributed by atoms with van der Waals surface area (Å²) in [6.45, 7) is 0. The molecular formula is C30H24F6O7P2. The van der Waals surface area contributed by atoms with E-state index in [2.05, 4.69) is 0 Å². The van der Waals surface area contributed by atoms with Crippen LogP contribution in [-0.2, 0) is 38.7 Å². The first kappa shape index (κ1) is 34.3. The highest BCUT2D eigenvalue weighted by Crippen LogP contribution is 2.60. The molecular weight excluding hydrogens is 648 g/mol. The van der Waals surface area contributed by atoms with Crippen molar-refractivity contribution in [2.45, 2.75) is 29.6 Å². The third kappa shape index (κ3) is 6.99. The van der Waals surface area contributed by atoms with Crippen LogP contribution in [0.1, 0.15) is 38.2 Å². The summed E-state index contributed by atoms with van der Waals surface area (Å²) in [6.07, 6.45) is -0.617. The Hall–Kier alpha value is -3.57. The van der Waals surface area contributed by atoms with E-state index in [1.165, 1.54) is 24.3 Å². The zero-order chi connectivity index (χ0) is 33.4. The molecule has 0 unspecified atom stereocenters.